The molecule has 5 nitrogen and oxygen atoms in total. The van der Waals surface area contributed by atoms with Gasteiger partial charge in [0.15, 0.2) is 0 Å². The van der Waals surface area contributed by atoms with Crippen LogP contribution in [0.1, 0.15) is 11.8 Å². The molecule has 1 amide bonds. The molecule has 0 unspecified atom stereocenters. The van der Waals surface area contributed by atoms with Crippen molar-refractivity contribution in [3.05, 3.63) is 52.9 Å². The van der Waals surface area contributed by atoms with E-state index in [0.29, 0.717) is 31.3 Å². The Hall–Kier alpha value is -2.34. The highest BCUT2D eigenvalue weighted by atomic mass is 32.1. The lowest BCUT2D eigenvalue weighted by molar-refractivity contribution is -0.132. The molecule has 1 aliphatic rings. The van der Waals surface area contributed by atoms with E-state index in [1.807, 2.05) is 36.5 Å². The summed E-state index contributed by atoms with van der Waals surface area (Å²) in [6.45, 7) is 3.14. The van der Waals surface area contributed by atoms with Crippen LogP contribution < -0.4 is 0 Å². The van der Waals surface area contributed by atoms with Crippen molar-refractivity contribution in [2.45, 2.75) is 13.5 Å². The topological polar surface area (TPSA) is 51.7 Å². The third-order valence-electron chi connectivity index (χ3n) is 3.48. The smallest absolute Gasteiger partial charge is 0.292 e. The zero-order chi connectivity index (χ0) is 16.2. The fourth-order valence-corrected chi connectivity index (χ4v) is 3.26. The predicted octanol–water partition coefficient (Wildman–Crippen LogP) is 3.05. The molecule has 3 rings (SSSR count). The highest BCUT2D eigenvalue weighted by Gasteiger charge is 2.23. The summed E-state index contributed by atoms with van der Waals surface area (Å²) in [6.07, 6.45) is 1.82. The zero-order valence-corrected chi connectivity index (χ0v) is 13.9. The molecule has 23 heavy (non-hydrogen) atoms. The molecule has 6 heteroatoms. The average Bonchev–Trinajstić information content (AvgIpc) is 3.04. The van der Waals surface area contributed by atoms with Gasteiger partial charge in [0.1, 0.15) is 24.0 Å². The van der Waals surface area contributed by atoms with Crippen LogP contribution in [0, 0.1) is 0 Å². The second kappa shape index (κ2) is 6.83. The van der Waals surface area contributed by atoms with Gasteiger partial charge in [-0.15, -0.1) is 11.3 Å². The minimum atomic E-state index is -0.170. The standard InChI is InChI=1S/C17H18N2O3S/c1-12-15(22-9-8-21-12)17(20)19(2)11-14-10-18-16(23-14)13-6-4-3-5-7-13/h3-7,10H,8-9,11H2,1-2H3. The SMILES string of the molecule is CC1=C(C(=O)N(C)Cc2cnc(-c3ccccc3)s2)OCCO1. The predicted molar refractivity (Wildman–Crippen MR) is 88.6 cm³/mol. The van der Waals surface area contributed by atoms with Gasteiger partial charge in [0.2, 0.25) is 5.76 Å². The fraction of sp³-hybridized carbons (Fsp3) is 0.294. The summed E-state index contributed by atoms with van der Waals surface area (Å²) in [4.78, 5) is 19.5. The first kappa shape index (κ1) is 15.6. The Morgan fingerprint density at radius 1 is 1.26 bits per heavy atom. The monoisotopic (exact) mass is 330 g/mol. The van der Waals surface area contributed by atoms with E-state index in [4.69, 9.17) is 9.47 Å². The number of amides is 1. The molecule has 0 N–H and O–H groups in total. The van der Waals surface area contributed by atoms with Crippen molar-refractivity contribution in [3.63, 3.8) is 0 Å². The van der Waals surface area contributed by atoms with E-state index in [-0.39, 0.29) is 5.91 Å². The molecule has 2 heterocycles. The zero-order valence-electron chi connectivity index (χ0n) is 13.1. The normalized spacial score (nSPS) is 14.2. The summed E-state index contributed by atoms with van der Waals surface area (Å²) < 4.78 is 10.8. The number of carbonyl (C=O) groups is 1. The van der Waals surface area contributed by atoms with Crippen LogP contribution >= 0.6 is 11.3 Å². The number of rotatable bonds is 4. The first-order chi connectivity index (χ1) is 11.1. The highest BCUT2D eigenvalue weighted by Crippen LogP contribution is 2.26. The molecule has 1 aliphatic heterocycles. The van der Waals surface area contributed by atoms with Gasteiger partial charge in [0, 0.05) is 23.7 Å². The quantitative estimate of drug-likeness (QED) is 0.864. The summed E-state index contributed by atoms with van der Waals surface area (Å²) in [5.41, 5.74) is 1.08. The van der Waals surface area contributed by atoms with E-state index in [0.717, 1.165) is 15.4 Å². The van der Waals surface area contributed by atoms with Crippen molar-refractivity contribution in [3.8, 4) is 10.6 Å². The maximum absolute atomic E-state index is 12.4. The molecule has 0 bridgehead atoms. The van der Waals surface area contributed by atoms with Crippen molar-refractivity contribution in [2.24, 2.45) is 0 Å². The van der Waals surface area contributed by atoms with Gasteiger partial charge in [-0.25, -0.2) is 4.98 Å². The highest BCUT2D eigenvalue weighted by molar-refractivity contribution is 7.15. The molecule has 0 atom stereocenters. The Morgan fingerprint density at radius 2 is 2.00 bits per heavy atom. The molecule has 1 aromatic carbocycles. The molecule has 0 saturated carbocycles. The van der Waals surface area contributed by atoms with Crippen LogP contribution in [0.4, 0.5) is 0 Å². The van der Waals surface area contributed by atoms with Gasteiger partial charge in [-0.2, -0.15) is 0 Å². The molecule has 1 aromatic heterocycles. The van der Waals surface area contributed by atoms with Crippen molar-refractivity contribution in [2.75, 3.05) is 20.3 Å². The molecule has 0 spiro atoms. The number of nitrogens with zero attached hydrogens (tertiary/aromatic N) is 2. The van der Waals surface area contributed by atoms with Crippen LogP contribution in [0.25, 0.3) is 10.6 Å². The molecular weight excluding hydrogens is 312 g/mol. The Balaban J connectivity index is 1.70. The van der Waals surface area contributed by atoms with Gasteiger partial charge in [-0.3, -0.25) is 4.79 Å². The minimum absolute atomic E-state index is 0.170. The third-order valence-corrected chi connectivity index (χ3v) is 4.51. The summed E-state index contributed by atoms with van der Waals surface area (Å²) in [5.74, 6) is 0.672. The number of hydrogen-bond acceptors (Lipinski definition) is 5. The van der Waals surface area contributed by atoms with Gasteiger partial charge in [0.25, 0.3) is 5.91 Å². The summed E-state index contributed by atoms with van der Waals surface area (Å²) in [7, 11) is 1.75. The van der Waals surface area contributed by atoms with E-state index in [2.05, 4.69) is 4.98 Å². The van der Waals surface area contributed by atoms with Crippen LogP contribution in [0.2, 0.25) is 0 Å². The van der Waals surface area contributed by atoms with E-state index in [1.54, 1.807) is 30.2 Å². The lowest BCUT2D eigenvalue weighted by atomic mass is 10.2. The van der Waals surface area contributed by atoms with E-state index < -0.39 is 0 Å². The lowest BCUT2D eigenvalue weighted by Crippen LogP contribution is -2.31. The number of carbonyl (C=O) groups excluding carboxylic acids is 1. The van der Waals surface area contributed by atoms with Crippen molar-refractivity contribution in [1.29, 1.82) is 0 Å². The summed E-state index contributed by atoms with van der Waals surface area (Å²) in [6, 6.07) is 10.0. The summed E-state index contributed by atoms with van der Waals surface area (Å²) in [5, 5.41) is 0.953. The van der Waals surface area contributed by atoms with Crippen LogP contribution in [0.15, 0.2) is 48.0 Å². The summed E-state index contributed by atoms with van der Waals surface area (Å²) >= 11 is 1.59. The van der Waals surface area contributed by atoms with Gasteiger partial charge in [0.05, 0.1) is 6.54 Å². The molecule has 2 aromatic rings. The maximum Gasteiger partial charge on any atom is 0.292 e. The number of hydrogen-bond donors (Lipinski definition) is 0. The van der Waals surface area contributed by atoms with Gasteiger partial charge in [-0.05, 0) is 6.92 Å². The Morgan fingerprint density at radius 3 is 2.74 bits per heavy atom. The number of allylic oxidation sites excluding steroid dienone is 1. The van der Waals surface area contributed by atoms with Crippen LogP contribution in [0.5, 0.6) is 0 Å². The molecule has 120 valence electrons. The molecule has 0 fully saturated rings. The fourth-order valence-electron chi connectivity index (χ4n) is 2.29. The van der Waals surface area contributed by atoms with Gasteiger partial charge < -0.3 is 14.4 Å². The maximum atomic E-state index is 12.4. The Bertz CT molecular complexity index is 724. The lowest BCUT2D eigenvalue weighted by Gasteiger charge is -2.23. The van der Waals surface area contributed by atoms with E-state index in [9.17, 15) is 4.79 Å². The molecule has 0 aliphatic carbocycles. The average molecular weight is 330 g/mol. The van der Waals surface area contributed by atoms with Gasteiger partial charge >= 0.3 is 0 Å². The third kappa shape index (κ3) is 3.53. The van der Waals surface area contributed by atoms with E-state index in [1.165, 1.54) is 0 Å². The number of likely N-dealkylation sites (N-methyl/N-ethyl adjacent to an activating group) is 1. The van der Waals surface area contributed by atoms with Gasteiger partial charge in [-0.1, -0.05) is 30.3 Å². The second-order valence-electron chi connectivity index (χ2n) is 5.24. The van der Waals surface area contributed by atoms with E-state index >= 15 is 0 Å². The second-order valence-corrected chi connectivity index (χ2v) is 6.36. The largest absolute Gasteiger partial charge is 0.491 e. The van der Waals surface area contributed by atoms with Crippen molar-refractivity contribution in [1.82, 2.24) is 9.88 Å². The Kier molecular flexibility index (Phi) is 4.62. The number of ether oxygens (including phenoxy) is 2. The molecular formula is C17H18N2O3S. The molecule has 0 radical (unpaired) electrons. The number of aromatic nitrogens is 1. The minimum Gasteiger partial charge on any atom is -0.491 e. The van der Waals surface area contributed by atoms with Crippen LogP contribution in [0.3, 0.4) is 0 Å². The van der Waals surface area contributed by atoms with Crippen LogP contribution in [-0.2, 0) is 20.8 Å². The van der Waals surface area contributed by atoms with Crippen molar-refractivity contribution < 1.29 is 14.3 Å². The molecule has 0 saturated heterocycles. The Labute approximate surface area is 139 Å². The first-order valence-corrected chi connectivity index (χ1v) is 8.19. The number of benzene rings is 1. The first-order valence-electron chi connectivity index (χ1n) is 7.37. The van der Waals surface area contributed by atoms with Crippen LogP contribution in [-0.4, -0.2) is 36.1 Å². The number of thiazole rings is 1. The van der Waals surface area contributed by atoms with Crippen molar-refractivity contribution >= 4 is 17.2 Å².